The molecule has 0 fully saturated rings. The van der Waals surface area contributed by atoms with Crippen LogP contribution in [0.15, 0.2) is 24.3 Å². The van der Waals surface area contributed by atoms with Crippen molar-refractivity contribution < 1.29 is 4.74 Å². The molecule has 0 saturated carbocycles. The summed E-state index contributed by atoms with van der Waals surface area (Å²) >= 11 is 5.73. The third-order valence-electron chi connectivity index (χ3n) is 2.85. The molecule has 0 aliphatic carbocycles. The van der Waals surface area contributed by atoms with Crippen LogP contribution in [-0.2, 0) is 6.42 Å². The Labute approximate surface area is 103 Å². The van der Waals surface area contributed by atoms with Crippen molar-refractivity contribution in [3.8, 4) is 5.75 Å². The van der Waals surface area contributed by atoms with Gasteiger partial charge in [-0.2, -0.15) is 0 Å². The Kier molecular flexibility index (Phi) is 5.64. The average molecular weight is 242 g/mol. The van der Waals surface area contributed by atoms with Gasteiger partial charge in [0.1, 0.15) is 5.75 Å². The summed E-state index contributed by atoms with van der Waals surface area (Å²) in [5.41, 5.74) is 1.30. The summed E-state index contributed by atoms with van der Waals surface area (Å²) in [5.74, 6) is 1.60. The smallest absolute Gasteiger partial charge is 0.119 e. The molecule has 1 aromatic rings. The number of alkyl halides is 1. The molecule has 0 amide bonds. The Morgan fingerprint density at radius 3 is 2.81 bits per heavy atom. The summed E-state index contributed by atoms with van der Waals surface area (Å²) < 4.78 is 5.21. The quantitative estimate of drug-likeness (QED) is 0.711. The third kappa shape index (κ3) is 4.03. The molecule has 1 atom stereocenters. The minimum absolute atomic E-state index is 0.492. The molecule has 0 N–H and O–H groups in total. The van der Waals surface area contributed by atoms with Crippen LogP contribution >= 0.6 is 11.6 Å². The Balaban J connectivity index is 2.58. The molecule has 0 aliphatic heterocycles. The Morgan fingerprint density at radius 2 is 2.19 bits per heavy atom. The van der Waals surface area contributed by atoms with Crippen molar-refractivity contribution in [2.75, 3.05) is 26.6 Å². The normalized spacial score (nSPS) is 12.8. The SMILES string of the molecule is COc1cccc(CC(C)N(C)CCCl)c1. The minimum Gasteiger partial charge on any atom is -0.497 e. The molecule has 0 saturated heterocycles. The molecule has 0 aromatic heterocycles. The van der Waals surface area contributed by atoms with Gasteiger partial charge in [-0.15, -0.1) is 11.6 Å². The first-order valence-corrected chi connectivity index (χ1v) is 6.10. The van der Waals surface area contributed by atoms with Gasteiger partial charge >= 0.3 is 0 Å². The maximum atomic E-state index is 5.73. The topological polar surface area (TPSA) is 12.5 Å². The van der Waals surface area contributed by atoms with E-state index in [1.54, 1.807) is 7.11 Å². The Morgan fingerprint density at radius 1 is 1.44 bits per heavy atom. The first-order chi connectivity index (χ1) is 7.67. The highest BCUT2D eigenvalue weighted by atomic mass is 35.5. The molecule has 0 radical (unpaired) electrons. The van der Waals surface area contributed by atoms with E-state index in [1.807, 2.05) is 12.1 Å². The van der Waals surface area contributed by atoms with Crippen LogP contribution in [0.25, 0.3) is 0 Å². The number of ether oxygens (including phenoxy) is 1. The highest BCUT2D eigenvalue weighted by Gasteiger charge is 2.09. The lowest BCUT2D eigenvalue weighted by atomic mass is 10.1. The van der Waals surface area contributed by atoms with Crippen LogP contribution in [-0.4, -0.2) is 37.5 Å². The number of hydrogen-bond donors (Lipinski definition) is 0. The number of rotatable bonds is 6. The van der Waals surface area contributed by atoms with E-state index in [1.165, 1.54) is 5.56 Å². The fraction of sp³-hybridized carbons (Fsp3) is 0.538. The lowest BCUT2D eigenvalue weighted by Gasteiger charge is -2.23. The molecule has 0 bridgehead atoms. The van der Waals surface area contributed by atoms with Gasteiger partial charge in [0.15, 0.2) is 0 Å². The number of benzene rings is 1. The van der Waals surface area contributed by atoms with Gasteiger partial charge in [-0.05, 0) is 38.1 Å². The molecular formula is C13H20ClNO. The first kappa shape index (κ1) is 13.3. The van der Waals surface area contributed by atoms with E-state index in [2.05, 4.69) is 31.0 Å². The van der Waals surface area contributed by atoms with E-state index in [0.29, 0.717) is 11.9 Å². The molecule has 16 heavy (non-hydrogen) atoms. The lowest BCUT2D eigenvalue weighted by molar-refractivity contribution is 0.271. The minimum atomic E-state index is 0.492. The second-order valence-corrected chi connectivity index (χ2v) is 4.45. The van der Waals surface area contributed by atoms with E-state index in [4.69, 9.17) is 16.3 Å². The van der Waals surface area contributed by atoms with Gasteiger partial charge in [-0.3, -0.25) is 0 Å². The van der Waals surface area contributed by atoms with Gasteiger partial charge in [0.05, 0.1) is 7.11 Å². The molecule has 3 heteroatoms. The summed E-state index contributed by atoms with van der Waals surface area (Å²) in [5, 5.41) is 0. The van der Waals surface area contributed by atoms with E-state index >= 15 is 0 Å². The van der Waals surface area contributed by atoms with E-state index in [9.17, 15) is 0 Å². The number of hydrogen-bond acceptors (Lipinski definition) is 2. The fourth-order valence-electron chi connectivity index (χ4n) is 1.65. The zero-order valence-electron chi connectivity index (χ0n) is 10.2. The van der Waals surface area contributed by atoms with E-state index in [-0.39, 0.29) is 0 Å². The van der Waals surface area contributed by atoms with Gasteiger partial charge in [0.2, 0.25) is 0 Å². The summed E-state index contributed by atoms with van der Waals surface area (Å²) in [4.78, 5) is 2.27. The largest absolute Gasteiger partial charge is 0.497 e. The highest BCUT2D eigenvalue weighted by molar-refractivity contribution is 6.18. The second kappa shape index (κ2) is 6.77. The molecule has 0 spiro atoms. The summed E-state index contributed by atoms with van der Waals surface area (Å²) in [6.45, 7) is 3.14. The second-order valence-electron chi connectivity index (χ2n) is 4.07. The molecule has 1 unspecified atom stereocenters. The van der Waals surface area contributed by atoms with Crippen LogP contribution in [0.2, 0.25) is 0 Å². The Hall–Kier alpha value is -0.730. The van der Waals surface area contributed by atoms with Crippen molar-refractivity contribution in [3.63, 3.8) is 0 Å². The average Bonchev–Trinajstić information content (AvgIpc) is 2.29. The van der Waals surface area contributed by atoms with E-state index in [0.717, 1.165) is 18.7 Å². The van der Waals surface area contributed by atoms with Crippen molar-refractivity contribution >= 4 is 11.6 Å². The first-order valence-electron chi connectivity index (χ1n) is 5.56. The number of nitrogens with zero attached hydrogens (tertiary/aromatic N) is 1. The summed E-state index contributed by atoms with van der Waals surface area (Å²) in [7, 11) is 3.80. The van der Waals surface area contributed by atoms with E-state index < -0.39 is 0 Å². The molecule has 0 heterocycles. The third-order valence-corrected chi connectivity index (χ3v) is 3.02. The van der Waals surface area contributed by atoms with Gasteiger partial charge < -0.3 is 9.64 Å². The van der Waals surface area contributed by atoms with Gasteiger partial charge in [0, 0.05) is 18.5 Å². The highest BCUT2D eigenvalue weighted by Crippen LogP contribution is 2.15. The van der Waals surface area contributed by atoms with Crippen LogP contribution in [0, 0.1) is 0 Å². The van der Waals surface area contributed by atoms with Crippen molar-refractivity contribution in [1.29, 1.82) is 0 Å². The predicted molar refractivity (Wildman–Crippen MR) is 69.5 cm³/mol. The van der Waals surface area contributed by atoms with Crippen LogP contribution in [0.3, 0.4) is 0 Å². The Bertz CT molecular complexity index is 317. The van der Waals surface area contributed by atoms with Gasteiger partial charge in [0.25, 0.3) is 0 Å². The molecule has 0 aliphatic rings. The summed E-state index contributed by atoms with van der Waals surface area (Å²) in [6.07, 6.45) is 1.02. The monoisotopic (exact) mass is 241 g/mol. The molecule has 90 valence electrons. The maximum Gasteiger partial charge on any atom is 0.119 e. The number of methoxy groups -OCH3 is 1. The van der Waals surface area contributed by atoms with Crippen LogP contribution in [0.5, 0.6) is 5.75 Å². The fourth-order valence-corrected chi connectivity index (χ4v) is 1.92. The van der Waals surface area contributed by atoms with Crippen molar-refractivity contribution in [2.45, 2.75) is 19.4 Å². The predicted octanol–water partition coefficient (Wildman–Crippen LogP) is 2.80. The molecular weight excluding hydrogens is 222 g/mol. The molecule has 2 nitrogen and oxygen atoms in total. The van der Waals surface area contributed by atoms with Crippen molar-refractivity contribution in [3.05, 3.63) is 29.8 Å². The van der Waals surface area contributed by atoms with Gasteiger partial charge in [-0.1, -0.05) is 12.1 Å². The zero-order valence-corrected chi connectivity index (χ0v) is 11.0. The number of likely N-dealkylation sites (N-methyl/N-ethyl adjacent to an activating group) is 1. The van der Waals surface area contributed by atoms with Crippen LogP contribution in [0.4, 0.5) is 0 Å². The standard InChI is InChI=1S/C13H20ClNO/c1-11(15(2)8-7-14)9-12-5-4-6-13(10-12)16-3/h4-6,10-11H,7-9H2,1-3H3. The molecule has 1 rings (SSSR count). The van der Waals surface area contributed by atoms with Crippen molar-refractivity contribution in [1.82, 2.24) is 4.90 Å². The van der Waals surface area contributed by atoms with Crippen LogP contribution < -0.4 is 4.74 Å². The number of halogens is 1. The molecule has 1 aromatic carbocycles. The zero-order chi connectivity index (χ0) is 12.0. The van der Waals surface area contributed by atoms with Gasteiger partial charge in [-0.25, -0.2) is 0 Å². The van der Waals surface area contributed by atoms with Crippen molar-refractivity contribution in [2.24, 2.45) is 0 Å². The summed E-state index contributed by atoms with van der Waals surface area (Å²) in [6, 6.07) is 8.71. The maximum absolute atomic E-state index is 5.73. The lowest BCUT2D eigenvalue weighted by Crippen LogP contribution is -2.32. The van der Waals surface area contributed by atoms with Crippen LogP contribution in [0.1, 0.15) is 12.5 Å².